The van der Waals surface area contributed by atoms with Crippen molar-refractivity contribution in [2.24, 2.45) is 0 Å². The normalized spacial score (nSPS) is 12.6. The van der Waals surface area contributed by atoms with Crippen LogP contribution in [0, 0.1) is 13.8 Å². The van der Waals surface area contributed by atoms with Crippen LogP contribution in [0.4, 0.5) is 0 Å². The minimum Gasteiger partial charge on any atom is -0.361 e. The molecule has 4 aromatic heterocycles. The van der Waals surface area contributed by atoms with Crippen LogP contribution in [0.5, 0.6) is 0 Å². The fraction of sp³-hybridized carbons (Fsp3) is 0.286. The van der Waals surface area contributed by atoms with Crippen molar-refractivity contribution in [1.82, 2.24) is 19.7 Å². The molecule has 5 heteroatoms. The van der Waals surface area contributed by atoms with Gasteiger partial charge in [-0.2, -0.15) is 0 Å². The monoisotopic (exact) mass is 346 g/mol. The molecule has 0 N–H and O–H groups in total. The third kappa shape index (κ3) is 2.60. The third-order valence-corrected chi connectivity index (χ3v) is 4.98. The molecule has 0 spiro atoms. The van der Waals surface area contributed by atoms with E-state index in [0.29, 0.717) is 0 Å². The number of aryl methyl sites for hydroxylation is 3. The van der Waals surface area contributed by atoms with E-state index >= 15 is 0 Å². The summed E-state index contributed by atoms with van der Waals surface area (Å²) in [6, 6.07) is 8.35. The first kappa shape index (κ1) is 16.5. The highest BCUT2D eigenvalue weighted by Gasteiger charge is 2.18. The van der Waals surface area contributed by atoms with Crippen LogP contribution in [-0.2, 0) is 6.42 Å². The second-order valence-electron chi connectivity index (χ2n) is 6.64. The van der Waals surface area contributed by atoms with Gasteiger partial charge in [-0.05, 0) is 51.0 Å². The lowest BCUT2D eigenvalue weighted by molar-refractivity contribution is 0.393. The summed E-state index contributed by atoms with van der Waals surface area (Å²) in [6.45, 7) is 8.23. The van der Waals surface area contributed by atoms with Crippen LogP contribution in [0.15, 0.2) is 47.4 Å². The summed E-state index contributed by atoms with van der Waals surface area (Å²) < 4.78 is 7.61. The zero-order valence-corrected chi connectivity index (χ0v) is 15.5. The molecule has 1 unspecified atom stereocenters. The summed E-state index contributed by atoms with van der Waals surface area (Å²) in [5, 5.41) is 4.08. The van der Waals surface area contributed by atoms with Crippen molar-refractivity contribution in [1.29, 1.82) is 0 Å². The molecule has 26 heavy (non-hydrogen) atoms. The van der Waals surface area contributed by atoms with Gasteiger partial charge < -0.3 is 9.09 Å². The summed E-state index contributed by atoms with van der Waals surface area (Å²) >= 11 is 0. The van der Waals surface area contributed by atoms with E-state index in [-0.39, 0.29) is 6.04 Å². The van der Waals surface area contributed by atoms with Crippen molar-refractivity contribution in [3.8, 4) is 11.1 Å². The first-order valence-electron chi connectivity index (χ1n) is 8.93. The van der Waals surface area contributed by atoms with Gasteiger partial charge in [0.25, 0.3) is 0 Å². The molecule has 0 aliphatic carbocycles. The lowest BCUT2D eigenvalue weighted by Gasteiger charge is -2.15. The first-order chi connectivity index (χ1) is 12.6. The highest BCUT2D eigenvalue weighted by Crippen LogP contribution is 2.32. The van der Waals surface area contributed by atoms with Gasteiger partial charge in [-0.25, -0.2) is 0 Å². The van der Waals surface area contributed by atoms with Crippen molar-refractivity contribution in [3.05, 3.63) is 65.6 Å². The molecule has 1 atom stereocenters. The fourth-order valence-corrected chi connectivity index (χ4v) is 3.57. The average molecular weight is 346 g/mol. The molecule has 5 nitrogen and oxygen atoms in total. The zero-order valence-electron chi connectivity index (χ0n) is 15.5. The molecule has 0 bridgehead atoms. The number of fused-ring (bicyclic) bond motifs is 1. The van der Waals surface area contributed by atoms with E-state index in [2.05, 4.69) is 46.9 Å². The highest BCUT2D eigenvalue weighted by molar-refractivity contribution is 5.85. The van der Waals surface area contributed by atoms with Crippen molar-refractivity contribution in [2.45, 2.75) is 40.2 Å². The minimum atomic E-state index is 0.126. The quantitative estimate of drug-likeness (QED) is 0.529. The number of nitrogens with zero attached hydrogens (tertiary/aromatic N) is 4. The Labute approximate surface area is 152 Å². The van der Waals surface area contributed by atoms with Crippen molar-refractivity contribution in [2.75, 3.05) is 0 Å². The number of aromatic nitrogens is 4. The van der Waals surface area contributed by atoms with Gasteiger partial charge in [0, 0.05) is 29.7 Å². The molecule has 0 aliphatic heterocycles. The summed E-state index contributed by atoms with van der Waals surface area (Å²) in [7, 11) is 0. The zero-order chi connectivity index (χ0) is 18.3. The summed E-state index contributed by atoms with van der Waals surface area (Å²) in [5.41, 5.74) is 7.38. The van der Waals surface area contributed by atoms with E-state index in [1.807, 2.05) is 38.4 Å². The van der Waals surface area contributed by atoms with Crippen LogP contribution < -0.4 is 0 Å². The van der Waals surface area contributed by atoms with Crippen LogP contribution >= 0.6 is 0 Å². The molecular weight excluding hydrogens is 324 g/mol. The minimum absolute atomic E-state index is 0.126. The maximum Gasteiger partial charge on any atom is 0.141 e. The van der Waals surface area contributed by atoms with Gasteiger partial charge in [0.05, 0.1) is 28.5 Å². The topological polar surface area (TPSA) is 56.7 Å². The largest absolute Gasteiger partial charge is 0.361 e. The molecule has 0 saturated carbocycles. The average Bonchev–Trinajstić information content (AvgIpc) is 3.21. The van der Waals surface area contributed by atoms with Gasteiger partial charge in [-0.3, -0.25) is 9.97 Å². The second-order valence-corrected chi connectivity index (χ2v) is 6.64. The van der Waals surface area contributed by atoms with E-state index in [1.165, 1.54) is 5.56 Å². The van der Waals surface area contributed by atoms with Gasteiger partial charge in [-0.1, -0.05) is 18.1 Å². The molecular formula is C21H22N4O. The molecule has 0 saturated heterocycles. The highest BCUT2D eigenvalue weighted by atomic mass is 16.5. The van der Waals surface area contributed by atoms with Gasteiger partial charge in [0.1, 0.15) is 5.76 Å². The number of hydrogen-bond donors (Lipinski definition) is 0. The Hall–Kier alpha value is -2.95. The Morgan fingerprint density at radius 3 is 2.69 bits per heavy atom. The molecule has 132 valence electrons. The predicted molar refractivity (Wildman–Crippen MR) is 102 cm³/mol. The molecule has 0 amide bonds. The summed E-state index contributed by atoms with van der Waals surface area (Å²) in [6.07, 6.45) is 6.90. The van der Waals surface area contributed by atoms with Crippen LogP contribution in [0.2, 0.25) is 0 Å². The maximum absolute atomic E-state index is 5.34. The molecule has 0 aliphatic rings. The van der Waals surface area contributed by atoms with Gasteiger partial charge >= 0.3 is 0 Å². The molecule has 0 fully saturated rings. The SMILES string of the molecule is CCc1cn(C(C)c2ccccn2)c2cc(-c3c(C)noc3C)cnc12. The van der Waals surface area contributed by atoms with Crippen LogP contribution in [0.3, 0.4) is 0 Å². The number of hydrogen-bond acceptors (Lipinski definition) is 4. The standard InChI is InChI=1S/C21H22N4O/c1-5-16-12-25(14(3)18-8-6-7-9-22-18)19-10-17(11-23-21(16)19)20-13(2)24-26-15(20)4/h6-12,14H,5H2,1-4H3. The lowest BCUT2D eigenvalue weighted by atomic mass is 10.1. The molecule has 4 heterocycles. The number of rotatable bonds is 4. The molecule has 0 radical (unpaired) electrons. The Morgan fingerprint density at radius 2 is 2.04 bits per heavy atom. The third-order valence-electron chi connectivity index (χ3n) is 4.98. The fourth-order valence-electron chi connectivity index (χ4n) is 3.57. The van der Waals surface area contributed by atoms with Gasteiger partial charge in [0.15, 0.2) is 0 Å². The van der Waals surface area contributed by atoms with Crippen molar-refractivity contribution in [3.63, 3.8) is 0 Å². The van der Waals surface area contributed by atoms with Crippen molar-refractivity contribution >= 4 is 11.0 Å². The molecule has 4 rings (SSSR count). The second kappa shape index (κ2) is 6.41. The van der Waals surface area contributed by atoms with Crippen LogP contribution in [0.25, 0.3) is 22.2 Å². The van der Waals surface area contributed by atoms with E-state index in [1.54, 1.807) is 0 Å². The summed E-state index contributed by atoms with van der Waals surface area (Å²) in [5.74, 6) is 0.815. The first-order valence-corrected chi connectivity index (χ1v) is 8.93. The van der Waals surface area contributed by atoms with E-state index < -0.39 is 0 Å². The number of pyridine rings is 2. The smallest absolute Gasteiger partial charge is 0.141 e. The van der Waals surface area contributed by atoms with E-state index in [9.17, 15) is 0 Å². The predicted octanol–water partition coefficient (Wildman–Crippen LogP) is 4.87. The Kier molecular flexibility index (Phi) is 4.07. The molecule has 0 aromatic carbocycles. The Bertz CT molecular complexity index is 1040. The van der Waals surface area contributed by atoms with Crippen molar-refractivity contribution < 1.29 is 4.52 Å². The summed E-state index contributed by atoms with van der Waals surface area (Å²) in [4.78, 5) is 9.31. The van der Waals surface area contributed by atoms with Crippen LogP contribution in [0.1, 0.15) is 42.6 Å². The maximum atomic E-state index is 5.34. The van der Waals surface area contributed by atoms with E-state index in [0.717, 1.165) is 45.7 Å². The van der Waals surface area contributed by atoms with E-state index in [4.69, 9.17) is 9.51 Å². The van der Waals surface area contributed by atoms with Crippen LogP contribution in [-0.4, -0.2) is 19.7 Å². The molecule has 4 aromatic rings. The van der Waals surface area contributed by atoms with Gasteiger partial charge in [-0.15, -0.1) is 0 Å². The Morgan fingerprint density at radius 1 is 1.19 bits per heavy atom. The lowest BCUT2D eigenvalue weighted by Crippen LogP contribution is -2.07. The Balaban J connectivity index is 1.91. The van der Waals surface area contributed by atoms with Gasteiger partial charge in [0.2, 0.25) is 0 Å².